The molecule has 1 N–H and O–H groups in total. The van der Waals surface area contributed by atoms with Gasteiger partial charge in [-0.1, -0.05) is 6.07 Å². The number of methoxy groups -OCH3 is 1. The highest BCUT2D eigenvalue weighted by atomic mass is 16.5. The van der Waals surface area contributed by atoms with E-state index >= 15 is 0 Å². The van der Waals surface area contributed by atoms with Crippen LogP contribution in [0, 0.1) is 11.3 Å². The molecule has 0 spiro atoms. The number of benzene rings is 1. The summed E-state index contributed by atoms with van der Waals surface area (Å²) in [4.78, 5) is 22.6. The lowest BCUT2D eigenvalue weighted by Gasteiger charge is -2.08. The van der Waals surface area contributed by atoms with Gasteiger partial charge in [0.25, 0.3) is 5.56 Å². The number of rotatable bonds is 4. The average molecular weight is 285 g/mol. The van der Waals surface area contributed by atoms with Crippen LogP contribution >= 0.6 is 0 Å². The zero-order valence-corrected chi connectivity index (χ0v) is 11.1. The van der Waals surface area contributed by atoms with Gasteiger partial charge in [-0.2, -0.15) is 10.4 Å². The van der Waals surface area contributed by atoms with Crippen molar-refractivity contribution in [1.82, 2.24) is 9.78 Å². The lowest BCUT2D eigenvalue weighted by Crippen LogP contribution is -2.24. The quantitative estimate of drug-likeness (QED) is 0.893. The number of aromatic nitrogens is 2. The van der Waals surface area contributed by atoms with E-state index in [1.54, 1.807) is 18.2 Å². The molecule has 1 aromatic carbocycles. The molecule has 1 aromatic heterocycles. The summed E-state index contributed by atoms with van der Waals surface area (Å²) >= 11 is 0. The van der Waals surface area contributed by atoms with E-state index in [-0.39, 0.29) is 12.2 Å². The summed E-state index contributed by atoms with van der Waals surface area (Å²) in [6.07, 6.45) is 0. The van der Waals surface area contributed by atoms with Gasteiger partial charge in [0.15, 0.2) is 5.69 Å². The molecule has 0 fully saturated rings. The maximum Gasteiger partial charge on any atom is 0.356 e. The van der Waals surface area contributed by atoms with Crippen LogP contribution in [0.2, 0.25) is 0 Å². The first kappa shape index (κ1) is 14.3. The largest absolute Gasteiger partial charge is 0.495 e. The van der Waals surface area contributed by atoms with Crippen LogP contribution in [0.4, 0.5) is 0 Å². The van der Waals surface area contributed by atoms with Gasteiger partial charge in [-0.25, -0.2) is 9.48 Å². The number of carboxylic acids is 1. The Labute approximate surface area is 119 Å². The molecule has 0 radical (unpaired) electrons. The molecule has 2 aromatic rings. The van der Waals surface area contributed by atoms with E-state index in [0.717, 1.165) is 16.8 Å². The molecule has 2 rings (SSSR count). The van der Waals surface area contributed by atoms with E-state index in [1.165, 1.54) is 7.11 Å². The summed E-state index contributed by atoms with van der Waals surface area (Å²) < 4.78 is 6.07. The van der Waals surface area contributed by atoms with Crippen molar-refractivity contribution in [1.29, 1.82) is 5.26 Å². The van der Waals surface area contributed by atoms with E-state index in [9.17, 15) is 9.59 Å². The topological polar surface area (TPSA) is 105 Å². The Morgan fingerprint density at radius 1 is 1.43 bits per heavy atom. The summed E-state index contributed by atoms with van der Waals surface area (Å²) in [7, 11) is 1.46. The van der Waals surface area contributed by atoms with Crippen molar-refractivity contribution in [3.63, 3.8) is 0 Å². The standard InChI is InChI=1S/C14H11N3O4/c1-21-12-4-2-9(6-10(12)7-15)8-17-13(18)5-3-11(16-17)14(19)20/h2-6H,8H2,1H3,(H,19,20). The molecule has 7 heteroatoms. The summed E-state index contributed by atoms with van der Waals surface area (Å²) in [6.45, 7) is 0.0681. The fourth-order valence-electron chi connectivity index (χ4n) is 1.79. The van der Waals surface area contributed by atoms with Gasteiger partial charge in [-0.05, 0) is 23.8 Å². The van der Waals surface area contributed by atoms with Gasteiger partial charge < -0.3 is 9.84 Å². The second kappa shape index (κ2) is 5.88. The molecule has 0 unspecified atom stereocenters. The van der Waals surface area contributed by atoms with Gasteiger partial charge >= 0.3 is 5.97 Å². The van der Waals surface area contributed by atoms with Gasteiger partial charge in [-0.3, -0.25) is 4.79 Å². The fraction of sp³-hybridized carbons (Fsp3) is 0.143. The van der Waals surface area contributed by atoms with Gasteiger partial charge in [0.1, 0.15) is 11.8 Å². The minimum atomic E-state index is -1.21. The molecule has 0 amide bonds. The van der Waals surface area contributed by atoms with Crippen molar-refractivity contribution < 1.29 is 14.6 Å². The van der Waals surface area contributed by atoms with E-state index in [2.05, 4.69) is 5.10 Å². The van der Waals surface area contributed by atoms with Crippen LogP contribution in [-0.2, 0) is 6.54 Å². The minimum absolute atomic E-state index is 0.0681. The Kier molecular flexibility index (Phi) is 4.00. The number of nitrogens with zero attached hydrogens (tertiary/aromatic N) is 3. The molecule has 0 aliphatic heterocycles. The number of hydrogen-bond acceptors (Lipinski definition) is 5. The molecule has 0 aliphatic carbocycles. The molecule has 0 aliphatic rings. The van der Waals surface area contributed by atoms with Gasteiger partial charge in [0.2, 0.25) is 0 Å². The molecular weight excluding hydrogens is 274 g/mol. The summed E-state index contributed by atoms with van der Waals surface area (Å²) in [5.74, 6) is -0.781. The SMILES string of the molecule is COc1ccc(Cn2nc(C(=O)O)ccc2=O)cc1C#N. The van der Waals surface area contributed by atoms with Crippen molar-refractivity contribution >= 4 is 5.97 Å². The second-order valence-electron chi connectivity index (χ2n) is 4.17. The van der Waals surface area contributed by atoms with Crippen LogP contribution in [0.1, 0.15) is 21.6 Å². The van der Waals surface area contributed by atoms with Crippen molar-refractivity contribution in [3.8, 4) is 11.8 Å². The Balaban J connectivity index is 2.39. The third-order valence-corrected chi connectivity index (χ3v) is 2.80. The van der Waals surface area contributed by atoms with Crippen LogP contribution in [-0.4, -0.2) is 28.0 Å². The van der Waals surface area contributed by atoms with E-state index in [4.69, 9.17) is 15.1 Å². The molecule has 0 saturated carbocycles. The highest BCUT2D eigenvalue weighted by Gasteiger charge is 2.09. The Morgan fingerprint density at radius 3 is 2.81 bits per heavy atom. The normalized spacial score (nSPS) is 9.90. The van der Waals surface area contributed by atoms with Crippen LogP contribution in [0.15, 0.2) is 35.1 Å². The fourth-order valence-corrected chi connectivity index (χ4v) is 1.79. The molecule has 0 bridgehead atoms. The summed E-state index contributed by atoms with van der Waals surface area (Å²) in [6, 6.07) is 9.15. The first-order valence-corrected chi connectivity index (χ1v) is 5.93. The molecule has 0 atom stereocenters. The third kappa shape index (κ3) is 3.06. The van der Waals surface area contributed by atoms with Crippen LogP contribution in [0.25, 0.3) is 0 Å². The van der Waals surface area contributed by atoms with Crippen molar-refractivity contribution in [3.05, 3.63) is 57.5 Å². The third-order valence-electron chi connectivity index (χ3n) is 2.80. The highest BCUT2D eigenvalue weighted by Crippen LogP contribution is 2.18. The highest BCUT2D eigenvalue weighted by molar-refractivity contribution is 5.84. The monoisotopic (exact) mass is 285 g/mol. The molecule has 1 heterocycles. The van der Waals surface area contributed by atoms with Crippen molar-refractivity contribution in [2.75, 3.05) is 7.11 Å². The van der Waals surface area contributed by atoms with Crippen LogP contribution < -0.4 is 10.3 Å². The Bertz CT molecular complexity index is 790. The number of hydrogen-bond donors (Lipinski definition) is 1. The Hall–Kier alpha value is -3.14. The summed E-state index contributed by atoms with van der Waals surface area (Å²) in [5, 5.41) is 21.7. The van der Waals surface area contributed by atoms with Crippen LogP contribution in [0.5, 0.6) is 5.75 Å². The predicted molar refractivity (Wildman–Crippen MR) is 72.3 cm³/mol. The molecular formula is C14H11N3O4. The first-order chi connectivity index (χ1) is 10.0. The number of nitriles is 1. The lowest BCUT2D eigenvalue weighted by atomic mass is 10.1. The zero-order chi connectivity index (χ0) is 15.4. The average Bonchev–Trinajstić information content (AvgIpc) is 2.49. The van der Waals surface area contributed by atoms with Crippen LogP contribution in [0.3, 0.4) is 0 Å². The lowest BCUT2D eigenvalue weighted by molar-refractivity contribution is 0.0687. The van der Waals surface area contributed by atoms with Crippen molar-refractivity contribution in [2.24, 2.45) is 0 Å². The molecule has 21 heavy (non-hydrogen) atoms. The van der Waals surface area contributed by atoms with Gasteiger partial charge in [0, 0.05) is 6.07 Å². The van der Waals surface area contributed by atoms with E-state index in [1.807, 2.05) is 6.07 Å². The number of carbonyl (C=O) groups is 1. The van der Waals surface area contributed by atoms with E-state index < -0.39 is 11.5 Å². The maximum atomic E-state index is 11.7. The smallest absolute Gasteiger partial charge is 0.356 e. The number of carboxylic acid groups (broad SMARTS) is 1. The van der Waals surface area contributed by atoms with Crippen molar-refractivity contribution in [2.45, 2.75) is 6.54 Å². The predicted octanol–water partition coefficient (Wildman–Crippen LogP) is 0.870. The molecule has 7 nitrogen and oxygen atoms in total. The van der Waals surface area contributed by atoms with E-state index in [0.29, 0.717) is 16.9 Å². The maximum absolute atomic E-state index is 11.7. The summed E-state index contributed by atoms with van der Waals surface area (Å²) in [5.41, 5.74) is 0.333. The minimum Gasteiger partial charge on any atom is -0.495 e. The zero-order valence-electron chi connectivity index (χ0n) is 11.1. The molecule has 106 valence electrons. The molecule has 0 saturated heterocycles. The van der Waals surface area contributed by atoms with Gasteiger partial charge in [-0.15, -0.1) is 0 Å². The van der Waals surface area contributed by atoms with Gasteiger partial charge in [0.05, 0.1) is 19.2 Å². The number of aromatic carboxylic acids is 1. The number of ether oxygens (including phenoxy) is 1. The Morgan fingerprint density at radius 2 is 2.19 bits per heavy atom. The second-order valence-corrected chi connectivity index (χ2v) is 4.17. The first-order valence-electron chi connectivity index (χ1n) is 5.93.